The van der Waals surface area contributed by atoms with Crippen LogP contribution in [0.5, 0.6) is 0 Å². The summed E-state index contributed by atoms with van der Waals surface area (Å²) in [5.41, 5.74) is 8.25. The first kappa shape index (κ1) is 14.4. The van der Waals surface area contributed by atoms with Crippen LogP contribution in [0.25, 0.3) is 0 Å². The first-order valence-electron chi connectivity index (χ1n) is 7.85. The molecule has 1 saturated heterocycles. The van der Waals surface area contributed by atoms with Gasteiger partial charge in [0.2, 0.25) is 0 Å². The van der Waals surface area contributed by atoms with Crippen molar-refractivity contribution in [3.8, 4) is 6.07 Å². The summed E-state index contributed by atoms with van der Waals surface area (Å²) in [4.78, 5) is 4.78. The zero-order chi connectivity index (χ0) is 14.9. The van der Waals surface area contributed by atoms with Crippen molar-refractivity contribution >= 4 is 5.69 Å². The Balaban J connectivity index is 1.57. The largest absolute Gasteiger partial charge is 0.369 e. The average Bonchev–Trinajstić information content (AvgIpc) is 3.33. The fourth-order valence-corrected chi connectivity index (χ4v) is 3.21. The van der Waals surface area contributed by atoms with Crippen molar-refractivity contribution in [3.05, 3.63) is 29.8 Å². The summed E-state index contributed by atoms with van der Waals surface area (Å²) in [6.45, 7) is 6.84. The van der Waals surface area contributed by atoms with E-state index in [1.165, 1.54) is 11.3 Å². The van der Waals surface area contributed by atoms with E-state index in [0.717, 1.165) is 45.6 Å². The average molecular weight is 284 g/mol. The number of nitrogens with two attached hydrogens (primary N) is 1. The van der Waals surface area contributed by atoms with Crippen LogP contribution in [-0.2, 0) is 0 Å². The van der Waals surface area contributed by atoms with Crippen LogP contribution < -0.4 is 10.6 Å². The molecule has 3 rings (SSSR count). The van der Waals surface area contributed by atoms with Gasteiger partial charge >= 0.3 is 0 Å². The molecule has 1 aliphatic heterocycles. The summed E-state index contributed by atoms with van der Waals surface area (Å²) < 4.78 is 0. The fraction of sp³-hybridized carbons (Fsp3) is 0.588. The van der Waals surface area contributed by atoms with E-state index in [4.69, 9.17) is 5.73 Å². The van der Waals surface area contributed by atoms with Crippen molar-refractivity contribution in [2.45, 2.75) is 25.3 Å². The van der Waals surface area contributed by atoms with Gasteiger partial charge in [-0.1, -0.05) is 12.1 Å². The number of nitrogens with zero attached hydrogens (tertiary/aromatic N) is 3. The van der Waals surface area contributed by atoms with Crippen molar-refractivity contribution in [2.24, 2.45) is 11.7 Å². The predicted octanol–water partition coefficient (Wildman–Crippen LogP) is 1.75. The van der Waals surface area contributed by atoms with Gasteiger partial charge in [0.1, 0.15) is 5.54 Å². The number of hydrogen-bond donors (Lipinski definition) is 1. The van der Waals surface area contributed by atoms with Crippen molar-refractivity contribution in [2.75, 3.05) is 37.6 Å². The lowest BCUT2D eigenvalue weighted by Crippen LogP contribution is -2.56. The van der Waals surface area contributed by atoms with Gasteiger partial charge in [-0.15, -0.1) is 0 Å². The standard InChI is InChI=1S/C17H24N4/c1-14-3-2-4-16(11-14)21-9-7-20(8-10-21)13-17(19,12-18)15-5-6-15/h2-4,11,15H,5-10,13,19H2,1H3. The molecule has 1 atom stereocenters. The van der Waals surface area contributed by atoms with Crippen LogP contribution in [0.2, 0.25) is 0 Å². The number of aryl methyl sites for hydroxylation is 1. The monoisotopic (exact) mass is 284 g/mol. The first-order chi connectivity index (χ1) is 10.1. The minimum Gasteiger partial charge on any atom is -0.369 e. The maximum Gasteiger partial charge on any atom is 0.119 e. The second-order valence-corrected chi connectivity index (χ2v) is 6.53. The molecule has 1 saturated carbocycles. The van der Waals surface area contributed by atoms with E-state index in [1.54, 1.807) is 0 Å². The van der Waals surface area contributed by atoms with E-state index in [0.29, 0.717) is 5.92 Å². The molecule has 21 heavy (non-hydrogen) atoms. The molecule has 0 bridgehead atoms. The molecule has 2 fully saturated rings. The van der Waals surface area contributed by atoms with Gasteiger partial charge in [-0.25, -0.2) is 0 Å². The highest BCUT2D eigenvalue weighted by Crippen LogP contribution is 2.38. The van der Waals surface area contributed by atoms with Crippen molar-refractivity contribution in [1.29, 1.82) is 5.26 Å². The molecule has 1 aromatic carbocycles. The van der Waals surface area contributed by atoms with E-state index in [-0.39, 0.29) is 0 Å². The topological polar surface area (TPSA) is 56.3 Å². The SMILES string of the molecule is Cc1cccc(N2CCN(CC(N)(C#N)C3CC3)CC2)c1. The molecule has 112 valence electrons. The maximum atomic E-state index is 9.37. The van der Waals surface area contributed by atoms with E-state index >= 15 is 0 Å². The van der Waals surface area contributed by atoms with Crippen LogP contribution >= 0.6 is 0 Å². The summed E-state index contributed by atoms with van der Waals surface area (Å²) >= 11 is 0. The molecule has 1 aromatic rings. The Labute approximate surface area is 127 Å². The highest BCUT2D eigenvalue weighted by atomic mass is 15.3. The van der Waals surface area contributed by atoms with Gasteiger partial charge < -0.3 is 10.6 Å². The second-order valence-electron chi connectivity index (χ2n) is 6.53. The van der Waals surface area contributed by atoms with Gasteiger partial charge in [0.15, 0.2) is 0 Å². The molecule has 2 N–H and O–H groups in total. The van der Waals surface area contributed by atoms with Gasteiger partial charge in [-0.2, -0.15) is 5.26 Å². The van der Waals surface area contributed by atoms with Gasteiger partial charge in [0.05, 0.1) is 6.07 Å². The quantitative estimate of drug-likeness (QED) is 0.915. The summed E-state index contributed by atoms with van der Waals surface area (Å²) in [5, 5.41) is 9.37. The van der Waals surface area contributed by atoms with Crippen LogP contribution in [0.15, 0.2) is 24.3 Å². The molecule has 1 unspecified atom stereocenters. The third-order valence-corrected chi connectivity index (χ3v) is 4.74. The molecular formula is C17H24N4. The summed E-state index contributed by atoms with van der Waals surface area (Å²) in [7, 11) is 0. The number of rotatable bonds is 4. The molecule has 2 aliphatic rings. The molecule has 1 heterocycles. The van der Waals surface area contributed by atoms with Crippen molar-refractivity contribution in [1.82, 2.24) is 4.90 Å². The van der Waals surface area contributed by atoms with E-state index in [2.05, 4.69) is 47.1 Å². The fourth-order valence-electron chi connectivity index (χ4n) is 3.21. The molecular weight excluding hydrogens is 260 g/mol. The third kappa shape index (κ3) is 3.20. The molecule has 0 radical (unpaired) electrons. The predicted molar refractivity (Wildman–Crippen MR) is 85.1 cm³/mol. The Morgan fingerprint density at radius 1 is 1.29 bits per heavy atom. The molecule has 1 aliphatic carbocycles. The highest BCUT2D eigenvalue weighted by Gasteiger charge is 2.43. The van der Waals surface area contributed by atoms with Crippen LogP contribution in [0.3, 0.4) is 0 Å². The Bertz CT molecular complexity index is 538. The number of hydrogen-bond acceptors (Lipinski definition) is 4. The molecule has 0 aromatic heterocycles. The van der Waals surface area contributed by atoms with E-state index in [1.807, 2.05) is 0 Å². The van der Waals surface area contributed by atoms with Gasteiger partial charge in [-0.05, 0) is 43.4 Å². The summed E-state index contributed by atoms with van der Waals surface area (Å²) in [5.74, 6) is 0.414. The van der Waals surface area contributed by atoms with Crippen LogP contribution in [0, 0.1) is 24.2 Å². The number of nitriles is 1. The Hall–Kier alpha value is -1.57. The number of benzene rings is 1. The lowest BCUT2D eigenvalue weighted by atomic mass is 9.95. The second kappa shape index (κ2) is 5.67. The zero-order valence-electron chi connectivity index (χ0n) is 12.8. The van der Waals surface area contributed by atoms with Crippen molar-refractivity contribution < 1.29 is 0 Å². The molecule has 4 heteroatoms. The summed E-state index contributed by atoms with van der Waals surface area (Å²) in [6, 6.07) is 11.0. The maximum absolute atomic E-state index is 9.37. The molecule has 0 spiro atoms. The van der Waals surface area contributed by atoms with Crippen molar-refractivity contribution in [3.63, 3.8) is 0 Å². The van der Waals surface area contributed by atoms with E-state index < -0.39 is 5.54 Å². The van der Waals surface area contributed by atoms with Crippen LogP contribution in [-0.4, -0.2) is 43.2 Å². The normalized spacial score (nSPS) is 22.6. The lowest BCUT2D eigenvalue weighted by Gasteiger charge is -2.39. The van der Waals surface area contributed by atoms with Crippen LogP contribution in [0.1, 0.15) is 18.4 Å². The third-order valence-electron chi connectivity index (χ3n) is 4.74. The lowest BCUT2D eigenvalue weighted by molar-refractivity contribution is 0.210. The summed E-state index contributed by atoms with van der Waals surface area (Å²) in [6.07, 6.45) is 2.24. The Kier molecular flexibility index (Phi) is 3.88. The van der Waals surface area contributed by atoms with E-state index in [9.17, 15) is 5.26 Å². The van der Waals surface area contributed by atoms with Gasteiger partial charge in [0, 0.05) is 38.4 Å². The molecule has 4 nitrogen and oxygen atoms in total. The van der Waals surface area contributed by atoms with Crippen LogP contribution in [0.4, 0.5) is 5.69 Å². The smallest absolute Gasteiger partial charge is 0.119 e. The first-order valence-corrected chi connectivity index (χ1v) is 7.85. The van der Waals surface area contributed by atoms with Gasteiger partial charge in [-0.3, -0.25) is 4.90 Å². The zero-order valence-corrected chi connectivity index (χ0v) is 12.8. The number of piperazine rings is 1. The minimum atomic E-state index is -0.633. The minimum absolute atomic E-state index is 0.414. The Morgan fingerprint density at radius 3 is 2.57 bits per heavy atom. The Morgan fingerprint density at radius 2 is 2.00 bits per heavy atom. The van der Waals surface area contributed by atoms with Gasteiger partial charge in [0.25, 0.3) is 0 Å². The highest BCUT2D eigenvalue weighted by molar-refractivity contribution is 5.48. The number of anilines is 1. The molecule has 0 amide bonds.